The van der Waals surface area contributed by atoms with Crippen LogP contribution in [-0.2, 0) is 16.8 Å². The number of benzene rings is 2. The van der Waals surface area contributed by atoms with Gasteiger partial charge in [-0.25, -0.2) is 4.98 Å². The number of carbonyl (C=O) groups excluding carboxylic acids is 1. The Morgan fingerprint density at radius 2 is 1.75 bits per heavy atom. The van der Waals surface area contributed by atoms with Crippen molar-refractivity contribution in [3.8, 4) is 22.5 Å². The van der Waals surface area contributed by atoms with Crippen LogP contribution in [0.4, 0.5) is 0 Å². The van der Waals surface area contributed by atoms with Crippen molar-refractivity contribution in [2.45, 2.75) is 51.0 Å². The number of aromatic nitrogens is 2. The van der Waals surface area contributed by atoms with E-state index < -0.39 is 0 Å². The highest BCUT2D eigenvalue weighted by molar-refractivity contribution is 5.82. The molecular weight excluding hydrogens is 394 g/mol. The van der Waals surface area contributed by atoms with Crippen molar-refractivity contribution in [1.29, 1.82) is 0 Å². The molecule has 0 amide bonds. The van der Waals surface area contributed by atoms with Gasteiger partial charge in [0.1, 0.15) is 11.4 Å². The van der Waals surface area contributed by atoms with E-state index in [4.69, 9.17) is 10.7 Å². The number of fused-ring (bicyclic) bond motifs is 1. The predicted molar refractivity (Wildman–Crippen MR) is 129 cm³/mol. The van der Waals surface area contributed by atoms with E-state index in [1.54, 1.807) is 0 Å². The van der Waals surface area contributed by atoms with Crippen LogP contribution in [0.3, 0.4) is 0 Å². The molecule has 0 radical (unpaired) electrons. The number of pyridine rings is 1. The Morgan fingerprint density at radius 1 is 1.00 bits per heavy atom. The van der Waals surface area contributed by atoms with Crippen LogP contribution in [0.25, 0.3) is 28.2 Å². The van der Waals surface area contributed by atoms with Gasteiger partial charge >= 0.3 is 0 Å². The molecule has 1 aliphatic rings. The summed E-state index contributed by atoms with van der Waals surface area (Å²) in [4.78, 5) is 16.8. The van der Waals surface area contributed by atoms with Crippen LogP contribution in [0.2, 0.25) is 0 Å². The maximum Gasteiger partial charge on any atom is 0.137 e. The van der Waals surface area contributed by atoms with Crippen LogP contribution in [0.1, 0.15) is 50.2 Å². The summed E-state index contributed by atoms with van der Waals surface area (Å²) in [5.41, 5.74) is 13.9. The fourth-order valence-corrected chi connectivity index (χ4v) is 4.58. The lowest BCUT2D eigenvalue weighted by Gasteiger charge is -2.38. The fourth-order valence-electron chi connectivity index (χ4n) is 4.58. The number of carbonyl (C=O) groups is 1. The van der Waals surface area contributed by atoms with Crippen molar-refractivity contribution in [3.63, 3.8) is 0 Å². The van der Waals surface area contributed by atoms with Crippen molar-refractivity contribution in [2.24, 2.45) is 5.73 Å². The average Bonchev–Trinajstić information content (AvgIpc) is 3.20. The first kappa shape index (κ1) is 20.7. The summed E-state index contributed by atoms with van der Waals surface area (Å²) in [6, 6.07) is 23.2. The second kappa shape index (κ2) is 8.36. The highest BCUT2D eigenvalue weighted by atomic mass is 16.1. The summed E-state index contributed by atoms with van der Waals surface area (Å²) < 4.78 is 2.17. The molecule has 2 N–H and O–H groups in total. The van der Waals surface area contributed by atoms with Gasteiger partial charge in [-0.1, -0.05) is 67.6 Å². The largest absolute Gasteiger partial charge is 0.321 e. The van der Waals surface area contributed by atoms with Crippen LogP contribution in [0.15, 0.2) is 72.9 Å². The van der Waals surface area contributed by atoms with Crippen LogP contribution in [-0.4, -0.2) is 15.2 Å². The van der Waals surface area contributed by atoms with Crippen LogP contribution in [0, 0.1) is 0 Å². The summed E-state index contributed by atoms with van der Waals surface area (Å²) in [6.07, 6.45) is 7.36. The number of imidazole rings is 1. The maximum atomic E-state index is 11.8. The minimum absolute atomic E-state index is 0.162. The molecule has 162 valence electrons. The van der Waals surface area contributed by atoms with E-state index in [9.17, 15) is 4.79 Å². The summed E-state index contributed by atoms with van der Waals surface area (Å²) in [7, 11) is 0. The van der Waals surface area contributed by atoms with E-state index in [-0.39, 0.29) is 5.54 Å². The number of hydrogen-bond acceptors (Lipinski definition) is 3. The Morgan fingerprint density at radius 3 is 2.41 bits per heavy atom. The predicted octanol–water partition coefficient (Wildman–Crippen LogP) is 5.92. The molecule has 0 spiro atoms. The molecular formula is C28H29N3O. The van der Waals surface area contributed by atoms with Gasteiger partial charge in [0, 0.05) is 35.7 Å². The van der Waals surface area contributed by atoms with Gasteiger partial charge in [-0.05, 0) is 42.9 Å². The number of nitrogens with zero attached hydrogens (tertiary/aromatic N) is 2. The van der Waals surface area contributed by atoms with Gasteiger partial charge in [0.2, 0.25) is 0 Å². The SMILES string of the molecule is CCC(=O)CCc1ccc2nc(-c3ccc(C4(N)CCC4)cc3)c(-c3ccccc3)n2c1. The van der Waals surface area contributed by atoms with E-state index in [0.29, 0.717) is 18.6 Å². The first-order chi connectivity index (χ1) is 15.6. The molecule has 4 aromatic rings. The molecule has 2 aromatic heterocycles. The average molecular weight is 424 g/mol. The Balaban J connectivity index is 1.59. The highest BCUT2D eigenvalue weighted by Gasteiger charge is 2.34. The number of ketones is 1. The van der Waals surface area contributed by atoms with Gasteiger partial charge in [0.15, 0.2) is 0 Å². The van der Waals surface area contributed by atoms with Gasteiger partial charge in [-0.15, -0.1) is 0 Å². The smallest absolute Gasteiger partial charge is 0.137 e. The summed E-state index contributed by atoms with van der Waals surface area (Å²) in [5, 5.41) is 0. The second-order valence-electron chi connectivity index (χ2n) is 8.92. The summed E-state index contributed by atoms with van der Waals surface area (Å²) in [6.45, 7) is 1.92. The highest BCUT2D eigenvalue weighted by Crippen LogP contribution is 2.40. The van der Waals surface area contributed by atoms with Gasteiger partial charge < -0.3 is 5.73 Å². The molecule has 4 nitrogen and oxygen atoms in total. The molecule has 1 aliphatic carbocycles. The molecule has 2 aromatic carbocycles. The van der Waals surface area contributed by atoms with Gasteiger partial charge in [-0.3, -0.25) is 9.20 Å². The molecule has 0 bridgehead atoms. The monoisotopic (exact) mass is 423 g/mol. The lowest BCUT2D eigenvalue weighted by atomic mass is 9.72. The van der Waals surface area contributed by atoms with Crippen molar-refractivity contribution in [3.05, 3.63) is 84.1 Å². The second-order valence-corrected chi connectivity index (χ2v) is 8.92. The molecule has 0 atom stereocenters. The van der Waals surface area contributed by atoms with Crippen LogP contribution in [0.5, 0.6) is 0 Å². The molecule has 0 unspecified atom stereocenters. The Bertz CT molecular complexity index is 1250. The summed E-state index contributed by atoms with van der Waals surface area (Å²) >= 11 is 0. The van der Waals surface area contributed by atoms with Gasteiger partial charge in [0.25, 0.3) is 0 Å². The number of hydrogen-bond donors (Lipinski definition) is 1. The third-order valence-corrected chi connectivity index (χ3v) is 6.79. The summed E-state index contributed by atoms with van der Waals surface area (Å²) in [5.74, 6) is 0.295. The Kier molecular flexibility index (Phi) is 5.40. The topological polar surface area (TPSA) is 60.4 Å². The van der Waals surface area contributed by atoms with E-state index in [0.717, 1.165) is 53.0 Å². The van der Waals surface area contributed by atoms with Crippen molar-refractivity contribution in [2.75, 3.05) is 0 Å². The normalized spacial score (nSPS) is 14.9. The van der Waals surface area contributed by atoms with Crippen LogP contribution < -0.4 is 5.73 Å². The first-order valence-corrected chi connectivity index (χ1v) is 11.6. The number of rotatable bonds is 7. The minimum Gasteiger partial charge on any atom is -0.321 e. The molecule has 0 saturated heterocycles. The van der Waals surface area contributed by atoms with Crippen molar-refractivity contribution in [1.82, 2.24) is 9.38 Å². The molecule has 5 rings (SSSR count). The number of aryl methyl sites for hydroxylation is 1. The van der Waals surface area contributed by atoms with Gasteiger partial charge in [-0.2, -0.15) is 0 Å². The molecule has 1 fully saturated rings. The van der Waals surface area contributed by atoms with Crippen molar-refractivity contribution < 1.29 is 4.79 Å². The molecule has 4 heteroatoms. The fraction of sp³-hybridized carbons (Fsp3) is 0.286. The standard InChI is InChI=1S/C28H29N3O/c1-2-24(32)15-9-20-10-16-25-30-26(27(31(25)19-20)22-7-4-3-5-8-22)21-11-13-23(14-12-21)28(29)17-6-18-28/h3-5,7-8,10-14,16,19H,2,6,9,15,17-18,29H2,1H3. The minimum atomic E-state index is -0.162. The van der Waals surface area contributed by atoms with E-state index in [2.05, 4.69) is 71.3 Å². The van der Waals surface area contributed by atoms with Gasteiger partial charge in [0.05, 0.1) is 11.4 Å². The molecule has 2 heterocycles. The molecule has 0 aliphatic heterocycles. The van der Waals surface area contributed by atoms with E-state index >= 15 is 0 Å². The number of Topliss-reactive ketones (excluding diaryl/α,β-unsaturated/α-hetero) is 1. The Hall–Kier alpha value is -3.24. The third-order valence-electron chi connectivity index (χ3n) is 6.79. The zero-order chi connectivity index (χ0) is 22.1. The van der Waals surface area contributed by atoms with E-state index in [1.807, 2.05) is 13.0 Å². The lowest BCUT2D eigenvalue weighted by molar-refractivity contribution is -0.118. The lowest BCUT2D eigenvalue weighted by Crippen LogP contribution is -2.43. The maximum absolute atomic E-state index is 11.8. The third kappa shape index (κ3) is 3.76. The zero-order valence-corrected chi connectivity index (χ0v) is 18.6. The van der Waals surface area contributed by atoms with E-state index in [1.165, 1.54) is 12.0 Å². The van der Waals surface area contributed by atoms with Crippen molar-refractivity contribution >= 4 is 11.4 Å². The number of nitrogens with two attached hydrogens (primary N) is 1. The molecule has 1 saturated carbocycles. The zero-order valence-electron chi connectivity index (χ0n) is 18.6. The quantitative estimate of drug-likeness (QED) is 0.401. The Labute approximate surface area is 189 Å². The van der Waals surface area contributed by atoms with Crippen LogP contribution >= 0.6 is 0 Å². The molecule has 32 heavy (non-hydrogen) atoms. The first-order valence-electron chi connectivity index (χ1n) is 11.6.